The van der Waals surface area contributed by atoms with Crippen LogP contribution in [0.1, 0.15) is 24.9 Å². The lowest BCUT2D eigenvalue weighted by Crippen LogP contribution is -2.38. The molecule has 7 nitrogen and oxygen atoms in total. The summed E-state index contributed by atoms with van der Waals surface area (Å²) in [6, 6.07) is 7.88. The first kappa shape index (κ1) is 19.2. The number of ether oxygens (including phenoxy) is 1. The smallest absolute Gasteiger partial charge is 0.319 e. The lowest BCUT2D eigenvalue weighted by atomic mass is 10.1. The van der Waals surface area contributed by atoms with Crippen LogP contribution >= 0.6 is 0 Å². The van der Waals surface area contributed by atoms with Gasteiger partial charge in [0.15, 0.2) is 0 Å². The molecule has 25 heavy (non-hydrogen) atoms. The first-order valence-electron chi connectivity index (χ1n) is 8.64. The summed E-state index contributed by atoms with van der Waals surface area (Å²) in [5.41, 5.74) is 1.94. The van der Waals surface area contributed by atoms with Gasteiger partial charge in [0.05, 0.1) is 13.2 Å². The lowest BCUT2D eigenvalue weighted by molar-refractivity contribution is -0.128. The van der Waals surface area contributed by atoms with Crippen LogP contribution in [0.2, 0.25) is 0 Å². The second kappa shape index (κ2) is 9.39. The number of anilines is 1. The zero-order chi connectivity index (χ0) is 18.2. The van der Waals surface area contributed by atoms with Gasteiger partial charge in [-0.05, 0) is 24.6 Å². The van der Waals surface area contributed by atoms with Crippen molar-refractivity contribution in [1.29, 1.82) is 0 Å². The Balaban J connectivity index is 1.79. The SMILES string of the molecule is CC(c1ccc(NC(=O)NCCC(=O)N(C)C)cc1)N1CCOCC1. The monoisotopic (exact) mass is 348 g/mol. The highest BCUT2D eigenvalue weighted by Gasteiger charge is 2.18. The minimum absolute atomic E-state index is 0.0123. The molecule has 0 aromatic heterocycles. The van der Waals surface area contributed by atoms with Gasteiger partial charge in [0.25, 0.3) is 0 Å². The standard InChI is InChI=1S/C18H28N4O3/c1-14(22-10-12-25-13-11-22)15-4-6-16(7-5-15)20-18(24)19-9-8-17(23)21(2)3/h4-7,14H,8-13H2,1-3H3,(H2,19,20,24). The third-order valence-electron chi connectivity index (χ3n) is 4.37. The van der Waals surface area contributed by atoms with Crippen molar-refractivity contribution < 1.29 is 14.3 Å². The van der Waals surface area contributed by atoms with Crippen LogP contribution in [0, 0.1) is 0 Å². The molecular formula is C18H28N4O3. The van der Waals surface area contributed by atoms with Crippen molar-refractivity contribution in [2.75, 3.05) is 52.3 Å². The molecule has 3 amide bonds. The fourth-order valence-electron chi connectivity index (χ4n) is 2.70. The Morgan fingerprint density at radius 2 is 1.84 bits per heavy atom. The van der Waals surface area contributed by atoms with Crippen molar-refractivity contribution in [3.05, 3.63) is 29.8 Å². The van der Waals surface area contributed by atoms with Crippen LogP contribution in [0.15, 0.2) is 24.3 Å². The van der Waals surface area contributed by atoms with Crippen molar-refractivity contribution >= 4 is 17.6 Å². The van der Waals surface area contributed by atoms with Gasteiger partial charge in [-0.1, -0.05) is 12.1 Å². The van der Waals surface area contributed by atoms with Gasteiger partial charge >= 0.3 is 6.03 Å². The van der Waals surface area contributed by atoms with E-state index in [2.05, 4.69) is 22.5 Å². The van der Waals surface area contributed by atoms with E-state index in [9.17, 15) is 9.59 Å². The molecule has 1 aliphatic heterocycles. The van der Waals surface area contributed by atoms with Gasteiger partial charge in [0.2, 0.25) is 5.91 Å². The normalized spacial score (nSPS) is 16.1. The van der Waals surface area contributed by atoms with Crippen molar-refractivity contribution in [3.63, 3.8) is 0 Å². The average molecular weight is 348 g/mol. The van der Waals surface area contributed by atoms with Crippen molar-refractivity contribution in [3.8, 4) is 0 Å². The summed E-state index contributed by atoms with van der Waals surface area (Å²) in [6.45, 7) is 5.93. The number of rotatable bonds is 6. The van der Waals surface area contributed by atoms with E-state index in [1.54, 1.807) is 14.1 Å². The summed E-state index contributed by atoms with van der Waals surface area (Å²) in [5, 5.41) is 5.47. The number of carbonyl (C=O) groups is 2. The number of amides is 3. The Bertz CT molecular complexity index is 568. The van der Waals surface area contributed by atoms with Crippen LogP contribution < -0.4 is 10.6 Å². The fraction of sp³-hybridized carbons (Fsp3) is 0.556. The molecule has 1 unspecified atom stereocenters. The number of nitrogens with zero attached hydrogens (tertiary/aromatic N) is 2. The quantitative estimate of drug-likeness (QED) is 0.820. The van der Waals surface area contributed by atoms with E-state index < -0.39 is 0 Å². The van der Waals surface area contributed by atoms with Crippen LogP contribution in [0.4, 0.5) is 10.5 Å². The van der Waals surface area contributed by atoms with Gasteiger partial charge in [0, 0.05) is 51.9 Å². The summed E-state index contributed by atoms with van der Waals surface area (Å²) >= 11 is 0. The predicted molar refractivity (Wildman–Crippen MR) is 97.6 cm³/mol. The van der Waals surface area contributed by atoms with Gasteiger partial charge in [-0.2, -0.15) is 0 Å². The number of carbonyl (C=O) groups excluding carboxylic acids is 2. The Kier molecular flexibility index (Phi) is 7.21. The molecular weight excluding hydrogens is 320 g/mol. The summed E-state index contributed by atoms with van der Waals surface area (Å²) in [7, 11) is 3.39. The fourth-order valence-corrected chi connectivity index (χ4v) is 2.70. The van der Waals surface area contributed by atoms with E-state index in [0.717, 1.165) is 32.0 Å². The number of urea groups is 1. The molecule has 0 aliphatic carbocycles. The number of benzene rings is 1. The molecule has 1 aliphatic rings. The molecule has 1 heterocycles. The molecule has 1 saturated heterocycles. The zero-order valence-corrected chi connectivity index (χ0v) is 15.2. The van der Waals surface area contributed by atoms with E-state index in [4.69, 9.17) is 4.74 Å². The van der Waals surface area contributed by atoms with E-state index in [1.807, 2.05) is 24.3 Å². The summed E-state index contributed by atoms with van der Waals surface area (Å²) in [5.74, 6) is -0.0123. The predicted octanol–water partition coefficient (Wildman–Crippen LogP) is 1.68. The van der Waals surface area contributed by atoms with Crippen LogP contribution in [0.5, 0.6) is 0 Å². The molecule has 1 aromatic carbocycles. The molecule has 2 N–H and O–H groups in total. The van der Waals surface area contributed by atoms with Crippen molar-refractivity contribution in [2.45, 2.75) is 19.4 Å². The van der Waals surface area contributed by atoms with Crippen molar-refractivity contribution in [2.24, 2.45) is 0 Å². The van der Waals surface area contributed by atoms with Gasteiger partial charge < -0.3 is 20.3 Å². The van der Waals surface area contributed by atoms with Gasteiger partial charge in [0.1, 0.15) is 0 Å². The minimum Gasteiger partial charge on any atom is -0.379 e. The molecule has 0 spiro atoms. The topological polar surface area (TPSA) is 73.9 Å². The molecule has 138 valence electrons. The molecule has 7 heteroatoms. The van der Waals surface area contributed by atoms with Gasteiger partial charge in [-0.3, -0.25) is 9.69 Å². The zero-order valence-electron chi connectivity index (χ0n) is 15.2. The third-order valence-corrected chi connectivity index (χ3v) is 4.37. The number of morpholine rings is 1. The maximum absolute atomic E-state index is 11.9. The van der Waals surface area contributed by atoms with Gasteiger partial charge in [-0.25, -0.2) is 4.79 Å². The second-order valence-electron chi connectivity index (χ2n) is 6.37. The van der Waals surface area contributed by atoms with Gasteiger partial charge in [-0.15, -0.1) is 0 Å². The minimum atomic E-state index is -0.305. The molecule has 0 saturated carbocycles. The number of nitrogens with one attached hydrogen (secondary N) is 2. The van der Waals surface area contributed by atoms with Crippen LogP contribution in [0.3, 0.4) is 0 Å². The Morgan fingerprint density at radius 3 is 2.44 bits per heavy atom. The van der Waals surface area contributed by atoms with Crippen LogP contribution in [-0.4, -0.2) is 68.7 Å². The van der Waals surface area contributed by atoms with Crippen LogP contribution in [-0.2, 0) is 9.53 Å². The Hall–Kier alpha value is -2.12. The highest BCUT2D eigenvalue weighted by Crippen LogP contribution is 2.22. The molecule has 0 bridgehead atoms. The lowest BCUT2D eigenvalue weighted by Gasteiger charge is -2.32. The average Bonchev–Trinajstić information content (AvgIpc) is 2.62. The number of hydrogen-bond donors (Lipinski definition) is 2. The summed E-state index contributed by atoms with van der Waals surface area (Å²) in [4.78, 5) is 27.2. The first-order chi connectivity index (χ1) is 12.0. The van der Waals surface area contributed by atoms with Crippen LogP contribution in [0.25, 0.3) is 0 Å². The van der Waals surface area contributed by atoms with E-state index in [-0.39, 0.29) is 18.4 Å². The molecule has 1 fully saturated rings. The van der Waals surface area contributed by atoms with E-state index in [0.29, 0.717) is 12.6 Å². The maximum atomic E-state index is 11.9. The van der Waals surface area contributed by atoms with E-state index in [1.165, 1.54) is 10.5 Å². The second-order valence-corrected chi connectivity index (χ2v) is 6.37. The Morgan fingerprint density at radius 1 is 1.20 bits per heavy atom. The number of hydrogen-bond acceptors (Lipinski definition) is 4. The highest BCUT2D eigenvalue weighted by molar-refractivity contribution is 5.89. The molecule has 1 aromatic rings. The summed E-state index contributed by atoms with van der Waals surface area (Å²) < 4.78 is 5.39. The summed E-state index contributed by atoms with van der Waals surface area (Å²) in [6.07, 6.45) is 0.288. The molecule has 1 atom stereocenters. The molecule has 0 radical (unpaired) electrons. The first-order valence-corrected chi connectivity index (χ1v) is 8.64. The van der Waals surface area contributed by atoms with E-state index >= 15 is 0 Å². The maximum Gasteiger partial charge on any atom is 0.319 e. The molecule has 2 rings (SSSR count). The largest absolute Gasteiger partial charge is 0.379 e. The Labute approximate surface area is 149 Å². The van der Waals surface area contributed by atoms with Crippen molar-refractivity contribution in [1.82, 2.24) is 15.1 Å². The third kappa shape index (κ3) is 6.03. The highest BCUT2D eigenvalue weighted by atomic mass is 16.5.